The number of rotatable bonds is 8. The Morgan fingerprint density at radius 1 is 1.35 bits per heavy atom. The van der Waals surface area contributed by atoms with Gasteiger partial charge in [0.25, 0.3) is 0 Å². The van der Waals surface area contributed by atoms with E-state index in [1.165, 1.54) is 10.6 Å². The van der Waals surface area contributed by atoms with Gasteiger partial charge >= 0.3 is 0 Å². The fourth-order valence-corrected chi connectivity index (χ4v) is 3.55. The lowest BCUT2D eigenvalue weighted by atomic mass is 10.2. The summed E-state index contributed by atoms with van der Waals surface area (Å²) in [4.78, 5) is 11.8. The highest BCUT2D eigenvalue weighted by Gasteiger charge is 2.18. The standard InChI is InChI=1S/C16H24N2O4S/c1-23(20,21)18(14-7-3-2-4-8-14)11-5-10-16(19)17-13-15-9-6-12-22-15/h2-4,7-8,15H,5-6,9-13H2,1H3,(H,17,19)/t15-/m0/s1. The van der Waals surface area contributed by atoms with Crippen molar-refractivity contribution in [2.45, 2.75) is 31.8 Å². The van der Waals surface area contributed by atoms with E-state index in [9.17, 15) is 13.2 Å². The molecule has 0 aromatic heterocycles. The second kappa shape index (κ2) is 8.31. The number of ether oxygens (including phenoxy) is 1. The lowest BCUT2D eigenvalue weighted by Gasteiger charge is -2.22. The second-order valence-electron chi connectivity index (χ2n) is 5.71. The Balaban J connectivity index is 1.79. The molecule has 0 saturated carbocycles. The van der Waals surface area contributed by atoms with Crippen molar-refractivity contribution in [2.24, 2.45) is 0 Å². The Hall–Kier alpha value is -1.60. The first-order valence-corrected chi connectivity index (χ1v) is 9.73. The topological polar surface area (TPSA) is 75.7 Å². The van der Waals surface area contributed by atoms with Gasteiger partial charge < -0.3 is 10.1 Å². The van der Waals surface area contributed by atoms with Crippen molar-refractivity contribution in [1.29, 1.82) is 0 Å². The van der Waals surface area contributed by atoms with Crippen LogP contribution in [-0.2, 0) is 19.6 Å². The molecule has 7 heteroatoms. The van der Waals surface area contributed by atoms with Gasteiger partial charge in [-0.2, -0.15) is 0 Å². The van der Waals surface area contributed by atoms with Crippen LogP contribution in [0.15, 0.2) is 30.3 Å². The van der Waals surface area contributed by atoms with Gasteiger partial charge in [-0.25, -0.2) is 8.42 Å². The molecule has 1 saturated heterocycles. The maximum atomic E-state index is 11.9. The van der Waals surface area contributed by atoms with E-state index in [0.29, 0.717) is 25.1 Å². The van der Waals surface area contributed by atoms with Crippen LogP contribution in [0.1, 0.15) is 25.7 Å². The van der Waals surface area contributed by atoms with Crippen LogP contribution in [0.25, 0.3) is 0 Å². The van der Waals surface area contributed by atoms with E-state index in [1.54, 1.807) is 24.3 Å². The number of benzene rings is 1. The van der Waals surface area contributed by atoms with Crippen LogP contribution in [-0.4, -0.2) is 46.4 Å². The minimum Gasteiger partial charge on any atom is -0.376 e. The van der Waals surface area contributed by atoms with Crippen molar-refractivity contribution in [2.75, 3.05) is 30.3 Å². The van der Waals surface area contributed by atoms with E-state index in [1.807, 2.05) is 6.07 Å². The van der Waals surface area contributed by atoms with Gasteiger partial charge in [0.15, 0.2) is 0 Å². The molecule has 1 heterocycles. The van der Waals surface area contributed by atoms with Crippen LogP contribution in [0, 0.1) is 0 Å². The van der Waals surface area contributed by atoms with Gasteiger partial charge in [-0.05, 0) is 31.4 Å². The number of sulfonamides is 1. The molecule has 0 radical (unpaired) electrons. The highest BCUT2D eigenvalue weighted by atomic mass is 32.2. The smallest absolute Gasteiger partial charge is 0.232 e. The largest absolute Gasteiger partial charge is 0.376 e. The maximum absolute atomic E-state index is 11.9. The number of carbonyl (C=O) groups is 1. The molecule has 1 N–H and O–H groups in total. The Morgan fingerprint density at radius 2 is 2.09 bits per heavy atom. The summed E-state index contributed by atoms with van der Waals surface area (Å²) in [7, 11) is -3.36. The Kier molecular flexibility index (Phi) is 6.41. The predicted molar refractivity (Wildman–Crippen MR) is 89.8 cm³/mol. The molecule has 0 unspecified atom stereocenters. The van der Waals surface area contributed by atoms with E-state index in [-0.39, 0.29) is 18.6 Å². The van der Waals surface area contributed by atoms with Crippen molar-refractivity contribution in [3.8, 4) is 0 Å². The van der Waals surface area contributed by atoms with Gasteiger partial charge in [0.2, 0.25) is 15.9 Å². The normalized spacial score (nSPS) is 17.9. The van der Waals surface area contributed by atoms with Gasteiger partial charge in [-0.3, -0.25) is 9.10 Å². The summed E-state index contributed by atoms with van der Waals surface area (Å²) in [6.07, 6.45) is 4.09. The fraction of sp³-hybridized carbons (Fsp3) is 0.562. The molecule has 1 fully saturated rings. The first kappa shape index (κ1) is 17.7. The Bertz CT molecular complexity index is 598. The minimum atomic E-state index is -3.36. The number of hydrogen-bond donors (Lipinski definition) is 1. The first-order valence-electron chi connectivity index (χ1n) is 7.88. The third-order valence-corrected chi connectivity index (χ3v) is 4.95. The van der Waals surface area contributed by atoms with E-state index >= 15 is 0 Å². The molecule has 1 aliphatic rings. The van der Waals surface area contributed by atoms with E-state index in [0.717, 1.165) is 19.4 Å². The quantitative estimate of drug-likeness (QED) is 0.779. The summed E-state index contributed by atoms with van der Waals surface area (Å²) in [5, 5.41) is 2.84. The van der Waals surface area contributed by atoms with Gasteiger partial charge in [-0.15, -0.1) is 0 Å². The molecule has 1 amide bonds. The average molecular weight is 340 g/mol. The molecule has 23 heavy (non-hydrogen) atoms. The second-order valence-corrected chi connectivity index (χ2v) is 7.62. The number of anilines is 1. The van der Waals surface area contributed by atoms with Gasteiger partial charge in [0.1, 0.15) is 0 Å². The first-order chi connectivity index (χ1) is 11.0. The summed E-state index contributed by atoms with van der Waals surface area (Å²) in [5.41, 5.74) is 0.620. The van der Waals surface area contributed by atoms with Gasteiger partial charge in [0.05, 0.1) is 18.0 Å². The molecule has 1 aromatic rings. The number of nitrogens with zero attached hydrogens (tertiary/aromatic N) is 1. The molecular weight excluding hydrogens is 316 g/mol. The number of carbonyl (C=O) groups excluding carboxylic acids is 1. The highest BCUT2D eigenvalue weighted by molar-refractivity contribution is 7.92. The fourth-order valence-electron chi connectivity index (χ4n) is 2.59. The minimum absolute atomic E-state index is 0.0676. The SMILES string of the molecule is CS(=O)(=O)N(CCCC(=O)NC[C@@H]1CCCO1)c1ccccc1. The molecule has 1 aromatic carbocycles. The van der Waals surface area contributed by atoms with Crippen LogP contribution >= 0.6 is 0 Å². The Morgan fingerprint density at radius 3 is 2.70 bits per heavy atom. The molecule has 128 valence electrons. The number of hydrogen-bond acceptors (Lipinski definition) is 4. The molecule has 0 spiro atoms. The summed E-state index contributed by atoms with van der Waals surface area (Å²) in [6.45, 7) is 1.59. The van der Waals surface area contributed by atoms with Crippen LogP contribution in [0.3, 0.4) is 0 Å². The van der Waals surface area contributed by atoms with Crippen LogP contribution in [0.5, 0.6) is 0 Å². The lowest BCUT2D eigenvalue weighted by Crippen LogP contribution is -2.34. The summed E-state index contributed by atoms with van der Waals surface area (Å²) >= 11 is 0. The van der Waals surface area contributed by atoms with Gasteiger partial charge in [-0.1, -0.05) is 18.2 Å². The molecule has 1 aliphatic heterocycles. The van der Waals surface area contributed by atoms with E-state index in [4.69, 9.17) is 4.74 Å². The van der Waals surface area contributed by atoms with Crippen LogP contribution < -0.4 is 9.62 Å². The van der Waals surface area contributed by atoms with Crippen LogP contribution in [0.2, 0.25) is 0 Å². The number of nitrogens with one attached hydrogen (secondary N) is 1. The van der Waals surface area contributed by atoms with E-state index < -0.39 is 10.0 Å². The zero-order chi connectivity index (χ0) is 16.7. The van der Waals surface area contributed by atoms with E-state index in [2.05, 4.69) is 5.32 Å². The maximum Gasteiger partial charge on any atom is 0.232 e. The predicted octanol–water partition coefficient (Wildman–Crippen LogP) is 1.53. The van der Waals surface area contributed by atoms with Crippen molar-refractivity contribution in [3.63, 3.8) is 0 Å². The van der Waals surface area contributed by atoms with Crippen LogP contribution in [0.4, 0.5) is 5.69 Å². The third kappa shape index (κ3) is 5.84. The average Bonchev–Trinajstić information content (AvgIpc) is 3.02. The molecule has 0 aliphatic carbocycles. The third-order valence-electron chi connectivity index (χ3n) is 3.76. The lowest BCUT2D eigenvalue weighted by molar-refractivity contribution is -0.121. The Labute approximate surface area is 137 Å². The van der Waals surface area contributed by atoms with Crippen molar-refractivity contribution in [1.82, 2.24) is 5.32 Å². The van der Waals surface area contributed by atoms with Crippen molar-refractivity contribution >= 4 is 21.6 Å². The molecule has 0 bridgehead atoms. The molecule has 6 nitrogen and oxygen atoms in total. The summed E-state index contributed by atoms with van der Waals surface area (Å²) in [6, 6.07) is 8.92. The summed E-state index contributed by atoms with van der Waals surface area (Å²) < 4.78 is 30.6. The molecule has 2 rings (SSSR count). The zero-order valence-corrected chi connectivity index (χ0v) is 14.2. The molecule has 1 atom stereocenters. The summed E-state index contributed by atoms with van der Waals surface area (Å²) in [5.74, 6) is -0.0676. The van der Waals surface area contributed by atoms with Crippen molar-refractivity contribution in [3.05, 3.63) is 30.3 Å². The molecular formula is C16H24N2O4S. The zero-order valence-electron chi connectivity index (χ0n) is 13.4. The van der Waals surface area contributed by atoms with Crippen molar-refractivity contribution < 1.29 is 17.9 Å². The highest BCUT2D eigenvalue weighted by Crippen LogP contribution is 2.17. The number of para-hydroxylation sites is 1. The monoisotopic (exact) mass is 340 g/mol. The number of amides is 1. The van der Waals surface area contributed by atoms with Gasteiger partial charge in [0, 0.05) is 26.1 Å².